The highest BCUT2D eigenvalue weighted by Crippen LogP contribution is 2.32. The lowest BCUT2D eigenvalue weighted by molar-refractivity contribution is -0.128. The molecule has 1 aromatic heterocycles. The fourth-order valence-corrected chi connectivity index (χ4v) is 3.98. The van der Waals surface area contributed by atoms with E-state index in [2.05, 4.69) is 10.4 Å². The van der Waals surface area contributed by atoms with Crippen molar-refractivity contribution in [1.29, 1.82) is 0 Å². The number of ether oxygens (including phenoxy) is 1. The number of nitrogens with one attached hydrogen (secondary N) is 1. The Bertz CT molecular complexity index is 859. The molecule has 27 heavy (non-hydrogen) atoms. The third-order valence-corrected chi connectivity index (χ3v) is 5.53. The van der Waals surface area contributed by atoms with Crippen LogP contribution in [0.1, 0.15) is 36.6 Å². The van der Waals surface area contributed by atoms with E-state index in [1.54, 1.807) is 19.1 Å². The number of hydrogen-bond acceptors (Lipinski definition) is 4. The van der Waals surface area contributed by atoms with Crippen LogP contribution in [0.4, 0.5) is 0 Å². The van der Waals surface area contributed by atoms with Crippen molar-refractivity contribution in [3.8, 4) is 11.4 Å². The number of rotatable bonds is 4. The Balaban J connectivity index is 1.53. The van der Waals surface area contributed by atoms with E-state index in [4.69, 9.17) is 4.74 Å². The number of aromatic nitrogens is 2. The monoisotopic (exact) mass is 368 g/mol. The molecular formula is C20H24N4O3. The molecule has 7 nitrogen and oxygen atoms in total. The van der Waals surface area contributed by atoms with E-state index < -0.39 is 0 Å². The van der Waals surface area contributed by atoms with Crippen LogP contribution in [0.5, 0.6) is 5.75 Å². The van der Waals surface area contributed by atoms with Crippen LogP contribution in [-0.4, -0.2) is 47.2 Å². The zero-order chi connectivity index (χ0) is 19.0. The van der Waals surface area contributed by atoms with Crippen LogP contribution in [0.2, 0.25) is 0 Å². The first-order chi connectivity index (χ1) is 13.1. The Kier molecular flexibility index (Phi) is 4.59. The summed E-state index contributed by atoms with van der Waals surface area (Å²) >= 11 is 0. The highest BCUT2D eigenvalue weighted by atomic mass is 16.5. The lowest BCUT2D eigenvalue weighted by atomic mass is 9.92. The molecule has 1 aliphatic heterocycles. The van der Waals surface area contributed by atoms with Crippen molar-refractivity contribution in [3.63, 3.8) is 0 Å². The number of benzene rings is 1. The summed E-state index contributed by atoms with van der Waals surface area (Å²) in [4.78, 5) is 26.0. The Hall–Kier alpha value is -2.83. The molecule has 1 aromatic carbocycles. The molecular weight excluding hydrogens is 344 g/mol. The van der Waals surface area contributed by atoms with Crippen LogP contribution < -0.4 is 10.1 Å². The molecule has 2 aromatic rings. The Morgan fingerprint density at radius 3 is 2.74 bits per heavy atom. The summed E-state index contributed by atoms with van der Waals surface area (Å²) in [6.07, 6.45) is 4.97. The van der Waals surface area contributed by atoms with Crippen molar-refractivity contribution < 1.29 is 14.3 Å². The van der Waals surface area contributed by atoms with Gasteiger partial charge in [0.15, 0.2) is 0 Å². The van der Waals surface area contributed by atoms with Crippen molar-refractivity contribution in [1.82, 2.24) is 20.0 Å². The highest BCUT2D eigenvalue weighted by molar-refractivity contribution is 5.89. The van der Waals surface area contributed by atoms with E-state index in [0.29, 0.717) is 13.0 Å². The maximum Gasteiger partial charge on any atom is 0.225 e. The van der Waals surface area contributed by atoms with E-state index in [9.17, 15) is 9.59 Å². The van der Waals surface area contributed by atoms with Crippen molar-refractivity contribution in [3.05, 3.63) is 41.7 Å². The molecule has 1 fully saturated rings. The number of likely N-dealkylation sites (tertiary alicyclic amines) is 1. The minimum Gasteiger partial charge on any atom is -0.497 e. The molecule has 2 atom stereocenters. The van der Waals surface area contributed by atoms with Gasteiger partial charge in [-0.2, -0.15) is 5.10 Å². The molecule has 0 radical (unpaired) electrons. The molecule has 4 rings (SSSR count). The molecule has 2 aliphatic rings. The van der Waals surface area contributed by atoms with Gasteiger partial charge in [0.2, 0.25) is 11.8 Å². The van der Waals surface area contributed by atoms with Gasteiger partial charge in [-0.1, -0.05) is 0 Å². The van der Waals surface area contributed by atoms with Crippen LogP contribution >= 0.6 is 0 Å². The zero-order valence-corrected chi connectivity index (χ0v) is 15.6. The van der Waals surface area contributed by atoms with E-state index in [-0.39, 0.29) is 23.8 Å². The minimum atomic E-state index is -0.260. The van der Waals surface area contributed by atoms with Crippen molar-refractivity contribution >= 4 is 11.8 Å². The van der Waals surface area contributed by atoms with Crippen molar-refractivity contribution in [2.45, 2.75) is 31.7 Å². The number of amides is 2. The normalized spacial score (nSPS) is 21.9. The van der Waals surface area contributed by atoms with Crippen molar-refractivity contribution in [2.24, 2.45) is 5.92 Å². The average Bonchev–Trinajstić information content (AvgIpc) is 3.26. The summed E-state index contributed by atoms with van der Waals surface area (Å²) in [5.41, 5.74) is 3.19. The topological polar surface area (TPSA) is 76.5 Å². The molecule has 0 saturated carbocycles. The van der Waals surface area contributed by atoms with Gasteiger partial charge in [-0.15, -0.1) is 0 Å². The fourth-order valence-electron chi connectivity index (χ4n) is 3.98. The fraction of sp³-hybridized carbons (Fsp3) is 0.450. The third-order valence-electron chi connectivity index (χ3n) is 5.53. The van der Waals surface area contributed by atoms with Gasteiger partial charge in [0.25, 0.3) is 0 Å². The van der Waals surface area contributed by atoms with Crippen LogP contribution in [0.15, 0.2) is 30.5 Å². The quantitative estimate of drug-likeness (QED) is 0.894. The van der Waals surface area contributed by atoms with Gasteiger partial charge < -0.3 is 15.0 Å². The molecule has 142 valence electrons. The third kappa shape index (κ3) is 3.29. The molecule has 2 heterocycles. The second-order valence-electron chi connectivity index (χ2n) is 7.29. The van der Waals surface area contributed by atoms with Gasteiger partial charge in [0, 0.05) is 31.3 Å². The molecule has 0 bridgehead atoms. The SMILES string of the molecule is COc1ccc(-n2ncc3c2CCC[C@@H]3NC(=O)[C@H]2CC(=O)N(C)C2)cc1. The number of carbonyl (C=O) groups is 2. The predicted octanol–water partition coefficient (Wildman–Crippen LogP) is 1.85. The summed E-state index contributed by atoms with van der Waals surface area (Å²) in [7, 11) is 3.39. The van der Waals surface area contributed by atoms with E-state index in [1.165, 1.54) is 0 Å². The van der Waals surface area contributed by atoms with Crippen LogP contribution in [-0.2, 0) is 16.0 Å². The standard InChI is InChI=1S/C20H24N4O3/c1-23-12-13(10-19(23)25)20(26)22-17-4-3-5-18-16(17)11-21-24(18)14-6-8-15(27-2)9-7-14/h6-9,11,13,17H,3-5,10,12H2,1-2H3,(H,22,26)/t13-,17-/m0/s1. The minimum absolute atomic E-state index is 0.0341. The Labute approximate surface area is 158 Å². The Morgan fingerprint density at radius 2 is 2.07 bits per heavy atom. The van der Waals surface area contributed by atoms with Gasteiger partial charge in [-0.3, -0.25) is 9.59 Å². The summed E-state index contributed by atoms with van der Waals surface area (Å²) in [5, 5.41) is 7.71. The summed E-state index contributed by atoms with van der Waals surface area (Å²) in [6, 6.07) is 7.75. The van der Waals surface area contributed by atoms with Crippen molar-refractivity contribution in [2.75, 3.05) is 20.7 Å². The number of fused-ring (bicyclic) bond motifs is 1. The lowest BCUT2D eigenvalue weighted by Gasteiger charge is -2.25. The summed E-state index contributed by atoms with van der Waals surface area (Å²) in [6.45, 7) is 0.495. The second kappa shape index (κ2) is 7.06. The van der Waals surface area contributed by atoms with E-state index >= 15 is 0 Å². The summed E-state index contributed by atoms with van der Waals surface area (Å²) in [5.74, 6) is 0.542. The molecule has 0 unspecified atom stereocenters. The number of carbonyl (C=O) groups excluding carboxylic acids is 2. The van der Waals surface area contributed by atoms with Gasteiger partial charge in [0.1, 0.15) is 5.75 Å². The second-order valence-corrected chi connectivity index (χ2v) is 7.29. The summed E-state index contributed by atoms with van der Waals surface area (Å²) < 4.78 is 7.16. The first-order valence-corrected chi connectivity index (χ1v) is 9.32. The molecule has 7 heteroatoms. The lowest BCUT2D eigenvalue weighted by Crippen LogP contribution is -2.36. The maximum absolute atomic E-state index is 12.6. The number of nitrogens with zero attached hydrogens (tertiary/aromatic N) is 3. The molecule has 1 aliphatic carbocycles. The molecule has 1 saturated heterocycles. The van der Waals surface area contributed by atoms with E-state index in [1.807, 2.05) is 35.1 Å². The first-order valence-electron chi connectivity index (χ1n) is 9.32. The molecule has 0 spiro atoms. The zero-order valence-electron chi connectivity index (χ0n) is 15.6. The highest BCUT2D eigenvalue weighted by Gasteiger charge is 2.34. The van der Waals surface area contributed by atoms with Crippen LogP contribution in [0.3, 0.4) is 0 Å². The Morgan fingerprint density at radius 1 is 1.30 bits per heavy atom. The average molecular weight is 368 g/mol. The van der Waals surface area contributed by atoms with Gasteiger partial charge >= 0.3 is 0 Å². The van der Waals surface area contributed by atoms with Gasteiger partial charge in [-0.25, -0.2) is 4.68 Å². The largest absolute Gasteiger partial charge is 0.497 e. The van der Waals surface area contributed by atoms with Gasteiger partial charge in [0.05, 0.1) is 31.0 Å². The van der Waals surface area contributed by atoms with Gasteiger partial charge in [-0.05, 0) is 43.5 Å². The maximum atomic E-state index is 12.6. The number of methoxy groups -OCH3 is 1. The first kappa shape index (κ1) is 17.6. The van der Waals surface area contributed by atoms with Crippen LogP contribution in [0, 0.1) is 5.92 Å². The molecule has 1 N–H and O–H groups in total. The number of hydrogen-bond donors (Lipinski definition) is 1. The van der Waals surface area contributed by atoms with Crippen LogP contribution in [0.25, 0.3) is 5.69 Å². The smallest absolute Gasteiger partial charge is 0.225 e. The van der Waals surface area contributed by atoms with E-state index in [0.717, 1.165) is 42.0 Å². The predicted molar refractivity (Wildman–Crippen MR) is 99.7 cm³/mol. The molecule has 2 amide bonds.